The third-order valence-corrected chi connectivity index (χ3v) is 6.72. The normalized spacial score (nSPS) is 25.1. The lowest BCUT2D eigenvalue weighted by Gasteiger charge is -2.39. The predicted molar refractivity (Wildman–Crippen MR) is 117 cm³/mol. The molecule has 1 aromatic carbocycles. The van der Waals surface area contributed by atoms with E-state index in [9.17, 15) is 14.4 Å². The Labute approximate surface area is 188 Å². The highest BCUT2D eigenvalue weighted by Crippen LogP contribution is 2.34. The first-order valence-corrected chi connectivity index (χ1v) is 11.3. The lowest BCUT2D eigenvalue weighted by Crippen LogP contribution is -2.57. The monoisotopic (exact) mass is 444 g/mol. The Kier molecular flexibility index (Phi) is 6.66. The molecule has 2 atom stereocenters. The molecule has 3 amide bonds. The number of carbonyl (C=O) groups is 3. The number of hydrogen-bond acceptors (Lipinski definition) is 6. The largest absolute Gasteiger partial charge is 0.467 e. The summed E-state index contributed by atoms with van der Waals surface area (Å²) in [6, 6.07) is 6.58. The number of amides is 3. The minimum Gasteiger partial charge on any atom is -0.467 e. The molecule has 3 aliphatic heterocycles. The van der Waals surface area contributed by atoms with E-state index in [1.807, 2.05) is 11.0 Å². The van der Waals surface area contributed by atoms with E-state index in [2.05, 4.69) is 10.2 Å². The maximum atomic E-state index is 13.1. The van der Waals surface area contributed by atoms with E-state index in [1.165, 1.54) is 0 Å². The van der Waals surface area contributed by atoms with Crippen molar-refractivity contribution in [2.45, 2.75) is 38.0 Å². The SMILES string of the molecule is COCCN1CCN(C(=O)C(C)N2CCC3(CCC2=O)NC(=O)c2ccccc2O3)CC1. The second kappa shape index (κ2) is 9.46. The molecule has 0 radical (unpaired) electrons. The minimum absolute atomic E-state index is 0.0281. The second-order valence-electron chi connectivity index (χ2n) is 8.72. The fourth-order valence-corrected chi connectivity index (χ4v) is 4.70. The summed E-state index contributed by atoms with van der Waals surface area (Å²) in [5, 5.41) is 2.97. The first-order chi connectivity index (χ1) is 15.4. The van der Waals surface area contributed by atoms with Crippen molar-refractivity contribution < 1.29 is 23.9 Å². The van der Waals surface area contributed by atoms with Gasteiger partial charge in [0.25, 0.3) is 5.91 Å². The van der Waals surface area contributed by atoms with Crippen molar-refractivity contribution in [1.29, 1.82) is 0 Å². The maximum absolute atomic E-state index is 13.1. The molecule has 1 N–H and O–H groups in total. The lowest BCUT2D eigenvalue weighted by atomic mass is 10.0. The van der Waals surface area contributed by atoms with Crippen molar-refractivity contribution in [1.82, 2.24) is 20.0 Å². The van der Waals surface area contributed by atoms with Crippen molar-refractivity contribution in [3.8, 4) is 5.75 Å². The zero-order valence-corrected chi connectivity index (χ0v) is 18.8. The van der Waals surface area contributed by atoms with Crippen LogP contribution in [0.4, 0.5) is 0 Å². The standard InChI is InChI=1S/C23H32N4O5/c1-17(22(30)26-13-11-25(12-14-26)15-16-31-2)27-10-9-23(8-7-20(27)28)24-21(29)18-5-3-4-6-19(18)32-23/h3-6,17H,7-16H2,1-2H3,(H,24,29). The van der Waals surface area contributed by atoms with Gasteiger partial charge in [0, 0.05) is 65.6 Å². The molecular weight excluding hydrogens is 412 g/mol. The summed E-state index contributed by atoms with van der Waals surface area (Å²) in [5.74, 6) is 0.230. The number of rotatable bonds is 5. The fraction of sp³-hybridized carbons (Fsp3) is 0.609. The van der Waals surface area contributed by atoms with E-state index in [0.717, 1.165) is 19.6 Å². The highest BCUT2D eigenvalue weighted by molar-refractivity contribution is 5.98. The van der Waals surface area contributed by atoms with Crippen LogP contribution in [-0.4, -0.2) is 97.2 Å². The highest BCUT2D eigenvalue weighted by atomic mass is 16.5. The number of nitrogens with one attached hydrogen (secondary N) is 1. The predicted octanol–water partition coefficient (Wildman–Crippen LogP) is 0.697. The molecule has 2 saturated heterocycles. The van der Waals surface area contributed by atoms with Crippen molar-refractivity contribution in [2.24, 2.45) is 0 Å². The van der Waals surface area contributed by atoms with Crippen LogP contribution in [-0.2, 0) is 14.3 Å². The average molecular weight is 445 g/mol. The summed E-state index contributed by atoms with van der Waals surface area (Å²) in [5.41, 5.74) is -0.426. The first-order valence-electron chi connectivity index (χ1n) is 11.3. The highest BCUT2D eigenvalue weighted by Gasteiger charge is 2.44. The number of ether oxygens (including phenoxy) is 2. The van der Waals surface area contributed by atoms with E-state index >= 15 is 0 Å². The van der Waals surface area contributed by atoms with Crippen LogP contribution in [0.5, 0.6) is 5.75 Å². The molecule has 4 rings (SSSR count). The smallest absolute Gasteiger partial charge is 0.258 e. The summed E-state index contributed by atoms with van der Waals surface area (Å²) < 4.78 is 11.3. The summed E-state index contributed by atoms with van der Waals surface area (Å²) in [6.45, 7) is 6.58. The molecule has 0 aliphatic carbocycles. The Balaban J connectivity index is 1.39. The Morgan fingerprint density at radius 2 is 1.91 bits per heavy atom. The van der Waals surface area contributed by atoms with Gasteiger partial charge >= 0.3 is 0 Å². The van der Waals surface area contributed by atoms with E-state index in [0.29, 0.717) is 50.4 Å². The third-order valence-electron chi connectivity index (χ3n) is 6.72. The van der Waals surface area contributed by atoms with E-state index in [-0.39, 0.29) is 24.1 Å². The molecule has 0 bridgehead atoms. The number of fused-ring (bicyclic) bond motifs is 1. The first kappa shape index (κ1) is 22.5. The Bertz CT molecular complexity index is 870. The number of nitrogens with zero attached hydrogens (tertiary/aromatic N) is 3. The third kappa shape index (κ3) is 4.59. The number of carbonyl (C=O) groups excluding carboxylic acids is 3. The van der Waals surface area contributed by atoms with Gasteiger partial charge in [0.2, 0.25) is 11.8 Å². The van der Waals surface area contributed by atoms with Gasteiger partial charge in [-0.05, 0) is 19.1 Å². The van der Waals surface area contributed by atoms with Gasteiger partial charge < -0.3 is 24.6 Å². The summed E-state index contributed by atoms with van der Waals surface area (Å²) >= 11 is 0. The summed E-state index contributed by atoms with van der Waals surface area (Å²) in [6.07, 6.45) is 1.02. The fourth-order valence-electron chi connectivity index (χ4n) is 4.70. The molecule has 9 heteroatoms. The van der Waals surface area contributed by atoms with Crippen molar-refractivity contribution in [3.05, 3.63) is 29.8 Å². The Hall–Kier alpha value is -2.65. The second-order valence-corrected chi connectivity index (χ2v) is 8.72. The summed E-state index contributed by atoms with van der Waals surface area (Å²) in [4.78, 5) is 44.5. The van der Waals surface area contributed by atoms with Gasteiger partial charge in [0.15, 0.2) is 5.72 Å². The van der Waals surface area contributed by atoms with Gasteiger partial charge in [0.05, 0.1) is 12.2 Å². The molecule has 1 aromatic rings. The van der Waals surface area contributed by atoms with Crippen LogP contribution in [0.3, 0.4) is 0 Å². The molecule has 1 spiro atoms. The minimum atomic E-state index is -0.925. The lowest BCUT2D eigenvalue weighted by molar-refractivity contribution is -0.146. The molecule has 0 aromatic heterocycles. The number of piperazine rings is 1. The zero-order valence-electron chi connectivity index (χ0n) is 18.8. The Morgan fingerprint density at radius 3 is 2.66 bits per heavy atom. The molecule has 0 saturated carbocycles. The van der Waals surface area contributed by atoms with Gasteiger partial charge in [-0.3, -0.25) is 19.3 Å². The molecule has 9 nitrogen and oxygen atoms in total. The van der Waals surface area contributed by atoms with Crippen LogP contribution < -0.4 is 10.1 Å². The van der Waals surface area contributed by atoms with E-state index < -0.39 is 11.8 Å². The topological polar surface area (TPSA) is 91.4 Å². The molecule has 3 aliphatic rings. The van der Waals surface area contributed by atoms with Crippen molar-refractivity contribution in [3.63, 3.8) is 0 Å². The van der Waals surface area contributed by atoms with Gasteiger partial charge in [0.1, 0.15) is 11.8 Å². The van der Waals surface area contributed by atoms with Gasteiger partial charge in [-0.25, -0.2) is 0 Å². The van der Waals surface area contributed by atoms with Gasteiger partial charge in [-0.2, -0.15) is 0 Å². The van der Waals surface area contributed by atoms with Crippen LogP contribution in [0.25, 0.3) is 0 Å². The number of hydrogen-bond donors (Lipinski definition) is 1. The number of methoxy groups -OCH3 is 1. The van der Waals surface area contributed by atoms with Crippen LogP contribution in [0.1, 0.15) is 36.5 Å². The quantitative estimate of drug-likeness (QED) is 0.719. The molecule has 2 unspecified atom stereocenters. The number of benzene rings is 1. The maximum Gasteiger partial charge on any atom is 0.258 e. The number of para-hydroxylation sites is 1. The molecule has 2 fully saturated rings. The van der Waals surface area contributed by atoms with Crippen LogP contribution >= 0.6 is 0 Å². The molecular formula is C23H32N4O5. The van der Waals surface area contributed by atoms with Crippen LogP contribution in [0.2, 0.25) is 0 Å². The van der Waals surface area contributed by atoms with Crippen LogP contribution in [0.15, 0.2) is 24.3 Å². The van der Waals surface area contributed by atoms with Crippen molar-refractivity contribution in [2.75, 3.05) is 53.0 Å². The zero-order chi connectivity index (χ0) is 22.7. The molecule has 32 heavy (non-hydrogen) atoms. The van der Waals surface area contributed by atoms with E-state index in [4.69, 9.17) is 9.47 Å². The number of likely N-dealkylation sites (tertiary alicyclic amines) is 1. The van der Waals surface area contributed by atoms with Gasteiger partial charge in [-0.1, -0.05) is 12.1 Å². The van der Waals surface area contributed by atoms with Crippen molar-refractivity contribution >= 4 is 17.7 Å². The van der Waals surface area contributed by atoms with Crippen LogP contribution in [0, 0.1) is 0 Å². The van der Waals surface area contributed by atoms with E-state index in [1.54, 1.807) is 37.1 Å². The summed E-state index contributed by atoms with van der Waals surface area (Å²) in [7, 11) is 1.69. The Morgan fingerprint density at radius 1 is 1.16 bits per heavy atom. The molecule has 174 valence electrons. The average Bonchev–Trinajstić information content (AvgIpc) is 2.96. The molecule has 3 heterocycles. The van der Waals surface area contributed by atoms with Gasteiger partial charge in [-0.15, -0.1) is 0 Å².